The minimum atomic E-state index is 0.359. The van der Waals surface area contributed by atoms with E-state index >= 15 is 0 Å². The van der Waals surface area contributed by atoms with Crippen LogP contribution < -0.4 is 5.32 Å². The maximum absolute atomic E-state index is 4.28. The number of aryl methyl sites for hydroxylation is 1. The predicted octanol–water partition coefficient (Wildman–Crippen LogP) is 2.41. The van der Waals surface area contributed by atoms with E-state index in [0.29, 0.717) is 6.04 Å². The summed E-state index contributed by atoms with van der Waals surface area (Å²) in [6.45, 7) is 2.06. The van der Waals surface area contributed by atoms with Crippen LogP contribution in [0, 0.1) is 6.92 Å². The summed E-state index contributed by atoms with van der Waals surface area (Å²) in [6.07, 6.45) is 2.93. The average molecular weight is 239 g/mol. The first-order valence-electron chi connectivity index (χ1n) is 4.76. The Morgan fingerprint density at radius 2 is 2.27 bits per heavy atom. The SMILES string of the molecule is CNC(Cc1cncs1)c1scnc1C. The zero-order valence-electron chi connectivity index (χ0n) is 8.73. The van der Waals surface area contributed by atoms with Crippen LogP contribution in [0.25, 0.3) is 0 Å². The number of rotatable bonds is 4. The topological polar surface area (TPSA) is 37.8 Å². The molecule has 0 spiro atoms. The van der Waals surface area contributed by atoms with Gasteiger partial charge in [-0.2, -0.15) is 0 Å². The minimum absolute atomic E-state index is 0.359. The van der Waals surface area contributed by atoms with Gasteiger partial charge in [0.25, 0.3) is 0 Å². The second-order valence-electron chi connectivity index (χ2n) is 3.32. The highest BCUT2D eigenvalue weighted by Crippen LogP contribution is 2.25. The molecule has 5 heteroatoms. The smallest absolute Gasteiger partial charge is 0.0798 e. The van der Waals surface area contributed by atoms with Gasteiger partial charge in [0, 0.05) is 28.4 Å². The van der Waals surface area contributed by atoms with Crippen molar-refractivity contribution in [2.75, 3.05) is 7.05 Å². The summed E-state index contributed by atoms with van der Waals surface area (Å²) < 4.78 is 0. The minimum Gasteiger partial charge on any atom is -0.312 e. The summed E-state index contributed by atoms with van der Waals surface area (Å²) in [5.74, 6) is 0. The largest absolute Gasteiger partial charge is 0.312 e. The monoisotopic (exact) mass is 239 g/mol. The van der Waals surface area contributed by atoms with E-state index in [4.69, 9.17) is 0 Å². The van der Waals surface area contributed by atoms with E-state index in [1.165, 1.54) is 9.75 Å². The lowest BCUT2D eigenvalue weighted by Gasteiger charge is -2.13. The molecule has 0 aliphatic heterocycles. The fraction of sp³-hybridized carbons (Fsp3) is 0.400. The van der Waals surface area contributed by atoms with E-state index in [2.05, 4.69) is 22.2 Å². The molecule has 2 rings (SSSR count). The van der Waals surface area contributed by atoms with E-state index in [-0.39, 0.29) is 0 Å². The summed E-state index contributed by atoms with van der Waals surface area (Å²) in [6, 6.07) is 0.359. The van der Waals surface area contributed by atoms with E-state index < -0.39 is 0 Å². The van der Waals surface area contributed by atoms with Crippen molar-refractivity contribution in [2.45, 2.75) is 19.4 Å². The van der Waals surface area contributed by atoms with Gasteiger partial charge in [0.15, 0.2) is 0 Å². The molecular formula is C10H13N3S2. The highest BCUT2D eigenvalue weighted by Gasteiger charge is 2.15. The number of nitrogens with one attached hydrogen (secondary N) is 1. The highest BCUT2D eigenvalue weighted by molar-refractivity contribution is 7.10. The van der Waals surface area contributed by atoms with Gasteiger partial charge < -0.3 is 5.32 Å². The van der Waals surface area contributed by atoms with Crippen LogP contribution in [0.4, 0.5) is 0 Å². The molecule has 0 aliphatic carbocycles. The van der Waals surface area contributed by atoms with Crippen LogP contribution in [0.15, 0.2) is 17.2 Å². The van der Waals surface area contributed by atoms with E-state index in [9.17, 15) is 0 Å². The molecular weight excluding hydrogens is 226 g/mol. The molecule has 0 radical (unpaired) electrons. The van der Waals surface area contributed by atoms with Crippen LogP contribution in [0.1, 0.15) is 21.5 Å². The second kappa shape index (κ2) is 4.83. The van der Waals surface area contributed by atoms with E-state index in [1.54, 1.807) is 22.7 Å². The molecule has 0 aliphatic rings. The Labute approximate surface area is 97.2 Å². The maximum atomic E-state index is 4.28. The summed E-state index contributed by atoms with van der Waals surface area (Å²) in [7, 11) is 1.99. The van der Waals surface area contributed by atoms with Gasteiger partial charge in [-0.1, -0.05) is 0 Å². The standard InChI is InChI=1S/C10H13N3S2/c1-7-10(15-6-13-7)9(11-2)3-8-4-12-5-14-8/h4-6,9,11H,3H2,1-2H3. The van der Waals surface area contributed by atoms with Crippen molar-refractivity contribution < 1.29 is 0 Å². The molecule has 1 N–H and O–H groups in total. The van der Waals surface area contributed by atoms with Crippen molar-refractivity contribution in [3.05, 3.63) is 32.7 Å². The van der Waals surface area contributed by atoms with Crippen LogP contribution in [-0.2, 0) is 6.42 Å². The zero-order valence-corrected chi connectivity index (χ0v) is 10.4. The van der Waals surface area contributed by atoms with Gasteiger partial charge >= 0.3 is 0 Å². The molecule has 0 amide bonds. The van der Waals surface area contributed by atoms with Crippen LogP contribution >= 0.6 is 22.7 Å². The number of aromatic nitrogens is 2. The molecule has 1 atom stereocenters. The van der Waals surface area contributed by atoms with Crippen LogP contribution in [-0.4, -0.2) is 17.0 Å². The summed E-state index contributed by atoms with van der Waals surface area (Å²) in [5.41, 5.74) is 4.91. The first kappa shape index (κ1) is 10.7. The molecule has 0 aromatic carbocycles. The molecule has 2 heterocycles. The number of hydrogen-bond donors (Lipinski definition) is 1. The summed E-state index contributed by atoms with van der Waals surface area (Å²) >= 11 is 3.42. The van der Waals surface area contributed by atoms with Crippen LogP contribution in [0.3, 0.4) is 0 Å². The Morgan fingerprint density at radius 3 is 2.80 bits per heavy atom. The number of likely N-dealkylation sites (N-methyl/N-ethyl adjacent to an activating group) is 1. The van der Waals surface area contributed by atoms with Gasteiger partial charge in [0.2, 0.25) is 0 Å². The van der Waals surface area contributed by atoms with Gasteiger partial charge in [-0.05, 0) is 14.0 Å². The first-order valence-corrected chi connectivity index (χ1v) is 6.51. The van der Waals surface area contributed by atoms with Gasteiger partial charge in [-0.15, -0.1) is 22.7 Å². The zero-order chi connectivity index (χ0) is 10.7. The van der Waals surface area contributed by atoms with Crippen molar-refractivity contribution >= 4 is 22.7 Å². The third-order valence-electron chi connectivity index (χ3n) is 2.34. The molecule has 15 heavy (non-hydrogen) atoms. The van der Waals surface area contributed by atoms with Crippen molar-refractivity contribution in [3.63, 3.8) is 0 Å². The van der Waals surface area contributed by atoms with Gasteiger partial charge in [0.05, 0.1) is 16.7 Å². The summed E-state index contributed by atoms with van der Waals surface area (Å²) in [5, 5.41) is 3.33. The van der Waals surface area contributed by atoms with Crippen molar-refractivity contribution in [2.24, 2.45) is 0 Å². The third kappa shape index (κ3) is 2.42. The fourth-order valence-electron chi connectivity index (χ4n) is 1.52. The number of hydrogen-bond acceptors (Lipinski definition) is 5. The molecule has 2 aromatic heterocycles. The predicted molar refractivity (Wildman–Crippen MR) is 64.5 cm³/mol. The normalized spacial score (nSPS) is 12.9. The maximum Gasteiger partial charge on any atom is 0.0798 e. The molecule has 2 aromatic rings. The van der Waals surface area contributed by atoms with Gasteiger partial charge in [0.1, 0.15) is 0 Å². The van der Waals surface area contributed by atoms with Crippen molar-refractivity contribution in [3.8, 4) is 0 Å². The summed E-state index contributed by atoms with van der Waals surface area (Å²) in [4.78, 5) is 11.0. The average Bonchev–Trinajstić information content (AvgIpc) is 2.85. The lowest BCUT2D eigenvalue weighted by Crippen LogP contribution is -2.18. The third-order valence-corrected chi connectivity index (χ3v) is 4.18. The van der Waals surface area contributed by atoms with E-state index in [1.807, 2.05) is 24.3 Å². The lowest BCUT2D eigenvalue weighted by atomic mass is 10.1. The molecule has 0 saturated carbocycles. The molecule has 80 valence electrons. The Balaban J connectivity index is 2.15. The molecule has 3 nitrogen and oxygen atoms in total. The molecule has 0 fully saturated rings. The number of thiazole rings is 2. The van der Waals surface area contributed by atoms with Crippen molar-refractivity contribution in [1.29, 1.82) is 0 Å². The van der Waals surface area contributed by atoms with Crippen LogP contribution in [0.5, 0.6) is 0 Å². The van der Waals surface area contributed by atoms with Gasteiger partial charge in [-0.25, -0.2) is 4.98 Å². The first-order chi connectivity index (χ1) is 7.31. The molecule has 0 bridgehead atoms. The lowest BCUT2D eigenvalue weighted by molar-refractivity contribution is 0.602. The van der Waals surface area contributed by atoms with Crippen molar-refractivity contribution in [1.82, 2.24) is 15.3 Å². The highest BCUT2D eigenvalue weighted by atomic mass is 32.1. The Kier molecular flexibility index (Phi) is 3.45. The van der Waals surface area contributed by atoms with Gasteiger partial charge in [-0.3, -0.25) is 4.98 Å². The van der Waals surface area contributed by atoms with E-state index in [0.717, 1.165) is 12.1 Å². The fourth-order valence-corrected chi connectivity index (χ4v) is 3.07. The Morgan fingerprint density at radius 1 is 1.40 bits per heavy atom. The quantitative estimate of drug-likeness (QED) is 0.890. The molecule has 0 saturated heterocycles. The Bertz CT molecular complexity index is 408. The second-order valence-corrected chi connectivity index (χ2v) is 5.17. The van der Waals surface area contributed by atoms with Crippen LogP contribution in [0.2, 0.25) is 0 Å². The Hall–Kier alpha value is -0.780. The molecule has 1 unspecified atom stereocenters. The number of nitrogens with zero attached hydrogens (tertiary/aromatic N) is 2.